The fourth-order valence-electron chi connectivity index (χ4n) is 1.91. The Bertz CT molecular complexity index is 709. The Hall–Kier alpha value is -0.900. The molecule has 6 nitrogen and oxygen atoms in total. The number of nitrogen functional groups attached to an aromatic ring is 1. The monoisotopic (exact) mass is 436 g/mol. The Kier molecular flexibility index (Phi) is 5.07. The number of aromatic nitrogens is 2. The van der Waals surface area contributed by atoms with Gasteiger partial charge in [0.1, 0.15) is 4.90 Å². The lowest BCUT2D eigenvalue weighted by atomic mass is 10.3. The summed E-state index contributed by atoms with van der Waals surface area (Å²) in [4.78, 5) is 0.0398. The molecular formula is C12H14Br2N4O2S. The van der Waals surface area contributed by atoms with Crippen molar-refractivity contribution in [2.24, 2.45) is 0 Å². The van der Waals surface area contributed by atoms with Gasteiger partial charge in [0.05, 0.1) is 12.2 Å². The summed E-state index contributed by atoms with van der Waals surface area (Å²) >= 11 is 6.51. The molecule has 0 fully saturated rings. The lowest BCUT2D eigenvalue weighted by Crippen LogP contribution is -2.36. The molecule has 0 aliphatic carbocycles. The third kappa shape index (κ3) is 4.06. The average Bonchev–Trinajstić information content (AvgIpc) is 2.78. The molecule has 1 atom stereocenters. The first-order chi connectivity index (χ1) is 9.79. The van der Waals surface area contributed by atoms with E-state index in [0.29, 0.717) is 15.5 Å². The van der Waals surface area contributed by atoms with Crippen LogP contribution in [0, 0.1) is 0 Å². The summed E-state index contributed by atoms with van der Waals surface area (Å²) in [6.07, 6.45) is 3.42. The third-order valence-electron chi connectivity index (χ3n) is 2.68. The number of hydrogen-bond acceptors (Lipinski definition) is 4. The van der Waals surface area contributed by atoms with Gasteiger partial charge in [-0.05, 0) is 41.1 Å². The molecule has 0 aliphatic heterocycles. The number of halogens is 2. The maximum atomic E-state index is 12.5. The van der Waals surface area contributed by atoms with Crippen molar-refractivity contribution < 1.29 is 8.42 Å². The molecule has 2 rings (SSSR count). The SMILES string of the molecule is CC(Cn1cccn1)NS(=O)(=O)c1c(N)cc(Br)cc1Br. The molecule has 0 saturated heterocycles. The summed E-state index contributed by atoms with van der Waals surface area (Å²) < 4.78 is 30.3. The fraction of sp³-hybridized carbons (Fsp3) is 0.250. The summed E-state index contributed by atoms with van der Waals surface area (Å²) in [7, 11) is -3.72. The van der Waals surface area contributed by atoms with E-state index in [9.17, 15) is 8.42 Å². The fourth-order valence-corrected chi connectivity index (χ4v) is 5.22. The molecule has 0 spiro atoms. The first kappa shape index (κ1) is 16.5. The first-order valence-corrected chi connectivity index (χ1v) is 9.11. The van der Waals surface area contributed by atoms with Gasteiger partial charge in [0.25, 0.3) is 0 Å². The summed E-state index contributed by atoms with van der Waals surface area (Å²) in [6, 6.07) is 4.65. The van der Waals surface area contributed by atoms with Gasteiger partial charge in [0.15, 0.2) is 0 Å². The van der Waals surface area contributed by atoms with Crippen LogP contribution in [0.25, 0.3) is 0 Å². The second-order valence-electron chi connectivity index (χ2n) is 4.56. The minimum atomic E-state index is -3.72. The Morgan fingerprint density at radius 1 is 1.43 bits per heavy atom. The molecule has 0 bridgehead atoms. The molecule has 0 radical (unpaired) electrons. The number of benzene rings is 1. The lowest BCUT2D eigenvalue weighted by Gasteiger charge is -2.16. The summed E-state index contributed by atoms with van der Waals surface area (Å²) in [5.41, 5.74) is 6.00. The van der Waals surface area contributed by atoms with Gasteiger partial charge in [-0.15, -0.1) is 0 Å². The second kappa shape index (κ2) is 6.47. The number of nitrogens with zero attached hydrogens (tertiary/aromatic N) is 2. The molecule has 2 aromatic rings. The minimum absolute atomic E-state index is 0.0398. The van der Waals surface area contributed by atoms with Crippen molar-refractivity contribution in [1.29, 1.82) is 0 Å². The topological polar surface area (TPSA) is 90.0 Å². The van der Waals surface area contributed by atoms with Crippen LogP contribution in [0.1, 0.15) is 6.92 Å². The second-order valence-corrected chi connectivity index (χ2v) is 7.98. The van der Waals surface area contributed by atoms with Crippen molar-refractivity contribution in [3.63, 3.8) is 0 Å². The molecule has 0 aliphatic rings. The zero-order chi connectivity index (χ0) is 15.6. The zero-order valence-corrected chi connectivity index (χ0v) is 15.1. The molecule has 1 unspecified atom stereocenters. The van der Waals surface area contributed by atoms with Crippen molar-refractivity contribution in [2.75, 3.05) is 5.73 Å². The highest BCUT2D eigenvalue weighted by Gasteiger charge is 2.23. The van der Waals surface area contributed by atoms with Crippen LogP contribution >= 0.6 is 31.9 Å². The number of sulfonamides is 1. The highest BCUT2D eigenvalue weighted by atomic mass is 79.9. The van der Waals surface area contributed by atoms with Crippen LogP contribution in [-0.4, -0.2) is 24.2 Å². The van der Waals surface area contributed by atoms with Gasteiger partial charge in [-0.2, -0.15) is 5.10 Å². The van der Waals surface area contributed by atoms with Gasteiger partial charge >= 0.3 is 0 Å². The van der Waals surface area contributed by atoms with Crippen LogP contribution in [0.3, 0.4) is 0 Å². The summed E-state index contributed by atoms with van der Waals surface area (Å²) in [5.74, 6) is 0. The van der Waals surface area contributed by atoms with Crippen molar-refractivity contribution in [1.82, 2.24) is 14.5 Å². The van der Waals surface area contributed by atoms with E-state index in [1.165, 1.54) is 0 Å². The van der Waals surface area contributed by atoms with E-state index >= 15 is 0 Å². The number of nitrogens with two attached hydrogens (primary N) is 1. The van der Waals surface area contributed by atoms with Crippen molar-refractivity contribution in [3.8, 4) is 0 Å². The smallest absolute Gasteiger partial charge is 0.244 e. The normalized spacial score (nSPS) is 13.3. The zero-order valence-electron chi connectivity index (χ0n) is 11.1. The van der Waals surface area contributed by atoms with Crippen LogP contribution < -0.4 is 10.5 Å². The van der Waals surface area contributed by atoms with Gasteiger partial charge < -0.3 is 5.73 Å². The molecule has 9 heteroatoms. The summed E-state index contributed by atoms with van der Waals surface area (Å²) in [5, 5.41) is 4.05. The van der Waals surface area contributed by atoms with Crippen LogP contribution in [0.15, 0.2) is 44.4 Å². The van der Waals surface area contributed by atoms with Gasteiger partial charge in [-0.3, -0.25) is 4.68 Å². The average molecular weight is 438 g/mol. The molecule has 21 heavy (non-hydrogen) atoms. The lowest BCUT2D eigenvalue weighted by molar-refractivity contribution is 0.494. The van der Waals surface area contributed by atoms with Gasteiger partial charge in [0.2, 0.25) is 10.0 Å². The number of rotatable bonds is 5. The van der Waals surface area contributed by atoms with E-state index in [4.69, 9.17) is 5.73 Å². The molecule has 114 valence electrons. The van der Waals surface area contributed by atoms with Crippen LogP contribution in [0.2, 0.25) is 0 Å². The molecule has 1 heterocycles. The molecule has 0 amide bonds. The maximum absolute atomic E-state index is 12.5. The number of anilines is 1. The Balaban J connectivity index is 2.22. The molecule has 0 saturated carbocycles. The molecule has 1 aromatic heterocycles. The highest BCUT2D eigenvalue weighted by molar-refractivity contribution is 9.11. The highest BCUT2D eigenvalue weighted by Crippen LogP contribution is 2.31. The predicted molar refractivity (Wildman–Crippen MR) is 88.3 cm³/mol. The standard InChI is InChI=1S/C12H14Br2N4O2S/c1-8(7-18-4-2-3-16-18)17-21(19,20)12-10(14)5-9(13)6-11(12)15/h2-6,8,17H,7,15H2,1H3. The van der Waals surface area contributed by atoms with Crippen molar-refractivity contribution in [3.05, 3.63) is 39.5 Å². The van der Waals surface area contributed by atoms with E-state index in [1.54, 1.807) is 42.2 Å². The molecular weight excluding hydrogens is 424 g/mol. The van der Waals surface area contributed by atoms with Crippen molar-refractivity contribution >= 4 is 47.6 Å². The van der Waals surface area contributed by atoms with Crippen LogP contribution in [0.4, 0.5) is 5.69 Å². The first-order valence-electron chi connectivity index (χ1n) is 6.04. The summed E-state index contributed by atoms with van der Waals surface area (Å²) in [6.45, 7) is 2.20. The largest absolute Gasteiger partial charge is 0.398 e. The minimum Gasteiger partial charge on any atom is -0.398 e. The maximum Gasteiger partial charge on any atom is 0.244 e. The Labute approximate surface area is 140 Å². The van der Waals surface area contributed by atoms with E-state index in [0.717, 1.165) is 0 Å². The van der Waals surface area contributed by atoms with Gasteiger partial charge in [-0.25, -0.2) is 13.1 Å². The number of nitrogens with one attached hydrogen (secondary N) is 1. The predicted octanol–water partition coefficient (Wildman–Crippen LogP) is 2.36. The molecule has 1 aromatic carbocycles. The van der Waals surface area contributed by atoms with Gasteiger partial charge in [0, 0.05) is 27.4 Å². The van der Waals surface area contributed by atoms with E-state index in [-0.39, 0.29) is 16.6 Å². The van der Waals surface area contributed by atoms with E-state index in [2.05, 4.69) is 41.7 Å². The van der Waals surface area contributed by atoms with Crippen molar-refractivity contribution in [2.45, 2.75) is 24.4 Å². The van der Waals surface area contributed by atoms with E-state index < -0.39 is 10.0 Å². The third-order valence-corrected chi connectivity index (χ3v) is 5.73. The Morgan fingerprint density at radius 3 is 2.71 bits per heavy atom. The van der Waals surface area contributed by atoms with Crippen LogP contribution in [0.5, 0.6) is 0 Å². The quantitative estimate of drug-likeness (QED) is 0.702. The number of hydrogen-bond donors (Lipinski definition) is 2. The van der Waals surface area contributed by atoms with E-state index in [1.807, 2.05) is 0 Å². The van der Waals surface area contributed by atoms with Gasteiger partial charge in [-0.1, -0.05) is 15.9 Å². The molecule has 3 N–H and O–H groups in total. The Morgan fingerprint density at radius 2 is 2.14 bits per heavy atom. The van der Waals surface area contributed by atoms with Crippen LogP contribution in [-0.2, 0) is 16.6 Å².